The molecule has 1 heterocycles. The molecule has 0 saturated carbocycles. The van der Waals surface area contributed by atoms with Gasteiger partial charge in [0.05, 0.1) is 13.3 Å². The summed E-state index contributed by atoms with van der Waals surface area (Å²) in [5.41, 5.74) is 0.330. The van der Waals surface area contributed by atoms with Crippen LogP contribution in [0.1, 0.15) is 10.4 Å². The number of anilines is 1. The summed E-state index contributed by atoms with van der Waals surface area (Å²) in [4.78, 5) is 11.8. The number of hydrogen-bond donors (Lipinski definition) is 2. The van der Waals surface area contributed by atoms with Crippen LogP contribution in [0.2, 0.25) is 0 Å². The molecule has 2 aromatic rings. The maximum absolute atomic E-state index is 11.8. The minimum atomic E-state index is -0.339. The van der Waals surface area contributed by atoms with Crippen LogP contribution in [0, 0.1) is 0 Å². The fourth-order valence-electron chi connectivity index (χ4n) is 1.24. The predicted octanol–water partition coefficient (Wildman–Crippen LogP) is 1.50. The molecule has 17 heavy (non-hydrogen) atoms. The fraction of sp³-hybridized carbons (Fsp3) is 0.100. The van der Waals surface area contributed by atoms with Gasteiger partial charge in [0.1, 0.15) is 5.00 Å². The van der Waals surface area contributed by atoms with Crippen LogP contribution >= 0.6 is 11.5 Å². The van der Waals surface area contributed by atoms with Crippen molar-refractivity contribution in [1.82, 2.24) is 9.59 Å². The van der Waals surface area contributed by atoms with E-state index in [1.165, 1.54) is 25.4 Å². The minimum absolute atomic E-state index is 0.0809. The molecule has 88 valence electrons. The number of carbonyl (C=O) groups is 1. The summed E-state index contributed by atoms with van der Waals surface area (Å²) in [6.07, 6.45) is 1.45. The lowest BCUT2D eigenvalue weighted by Gasteiger charge is -2.05. The van der Waals surface area contributed by atoms with Crippen molar-refractivity contribution >= 4 is 22.4 Å². The first-order chi connectivity index (χ1) is 8.20. The van der Waals surface area contributed by atoms with Gasteiger partial charge in [-0.3, -0.25) is 4.79 Å². The molecule has 2 rings (SSSR count). The second kappa shape index (κ2) is 4.79. The molecule has 6 nitrogen and oxygen atoms in total. The highest BCUT2D eigenvalue weighted by molar-refractivity contribution is 7.10. The second-order valence-electron chi connectivity index (χ2n) is 3.12. The van der Waals surface area contributed by atoms with E-state index in [0.717, 1.165) is 11.5 Å². The molecule has 1 aromatic carbocycles. The van der Waals surface area contributed by atoms with Crippen LogP contribution in [0.3, 0.4) is 0 Å². The Kier molecular flexibility index (Phi) is 3.20. The molecule has 0 radical (unpaired) electrons. The van der Waals surface area contributed by atoms with E-state index in [9.17, 15) is 9.90 Å². The summed E-state index contributed by atoms with van der Waals surface area (Å²) in [5.74, 6) is -0.0995. The molecule has 0 aliphatic carbocycles. The van der Waals surface area contributed by atoms with Crippen molar-refractivity contribution in [3.8, 4) is 11.5 Å². The van der Waals surface area contributed by atoms with E-state index in [1.807, 2.05) is 0 Å². The number of nitrogens with zero attached hydrogens (tertiary/aromatic N) is 2. The third-order valence-electron chi connectivity index (χ3n) is 2.04. The number of aromatic nitrogens is 2. The van der Waals surface area contributed by atoms with Gasteiger partial charge in [-0.05, 0) is 18.2 Å². The van der Waals surface area contributed by atoms with E-state index in [0.29, 0.717) is 16.3 Å². The van der Waals surface area contributed by atoms with Gasteiger partial charge in [-0.15, -0.1) is 5.10 Å². The van der Waals surface area contributed by atoms with Crippen molar-refractivity contribution in [2.75, 3.05) is 12.4 Å². The highest BCUT2D eigenvalue weighted by Gasteiger charge is 2.10. The zero-order valence-electron chi connectivity index (χ0n) is 8.88. The van der Waals surface area contributed by atoms with Gasteiger partial charge in [0.2, 0.25) is 0 Å². The molecular weight excluding hydrogens is 242 g/mol. The van der Waals surface area contributed by atoms with Crippen LogP contribution in [0.4, 0.5) is 5.00 Å². The van der Waals surface area contributed by atoms with Gasteiger partial charge < -0.3 is 15.2 Å². The van der Waals surface area contributed by atoms with Gasteiger partial charge in [-0.1, -0.05) is 4.49 Å². The molecule has 0 bridgehead atoms. The van der Waals surface area contributed by atoms with Gasteiger partial charge >= 0.3 is 0 Å². The van der Waals surface area contributed by atoms with Crippen LogP contribution < -0.4 is 10.1 Å². The van der Waals surface area contributed by atoms with E-state index in [4.69, 9.17) is 4.74 Å². The number of phenols is 1. The summed E-state index contributed by atoms with van der Waals surface area (Å²) < 4.78 is 8.51. The van der Waals surface area contributed by atoms with Gasteiger partial charge in [0.25, 0.3) is 5.91 Å². The van der Waals surface area contributed by atoms with Crippen LogP contribution in [-0.2, 0) is 0 Å². The maximum Gasteiger partial charge on any atom is 0.256 e. The fourth-order valence-corrected chi connectivity index (χ4v) is 1.65. The number of ether oxygens (including phenoxy) is 1. The number of methoxy groups -OCH3 is 1. The van der Waals surface area contributed by atoms with Crippen molar-refractivity contribution in [2.45, 2.75) is 0 Å². The number of benzene rings is 1. The number of nitrogens with one attached hydrogen (secondary N) is 1. The summed E-state index contributed by atoms with van der Waals surface area (Å²) >= 11 is 1.08. The van der Waals surface area contributed by atoms with Crippen molar-refractivity contribution in [3.63, 3.8) is 0 Å². The predicted molar refractivity (Wildman–Crippen MR) is 62.5 cm³/mol. The highest BCUT2D eigenvalue weighted by atomic mass is 32.1. The van der Waals surface area contributed by atoms with E-state index in [-0.39, 0.29) is 11.7 Å². The first kappa shape index (κ1) is 11.3. The lowest BCUT2D eigenvalue weighted by atomic mass is 10.2. The third kappa shape index (κ3) is 2.51. The van der Waals surface area contributed by atoms with E-state index >= 15 is 0 Å². The Morgan fingerprint density at radius 3 is 2.94 bits per heavy atom. The molecule has 7 heteroatoms. The topological polar surface area (TPSA) is 84.3 Å². The third-order valence-corrected chi connectivity index (χ3v) is 2.62. The molecule has 0 unspecified atom stereocenters. The number of phenolic OH excluding ortho intramolecular Hbond substituents is 1. The van der Waals surface area contributed by atoms with Crippen LogP contribution in [-0.4, -0.2) is 27.7 Å². The Labute approximate surface area is 101 Å². The quantitative estimate of drug-likeness (QED) is 0.863. The van der Waals surface area contributed by atoms with Crippen molar-refractivity contribution < 1.29 is 14.6 Å². The van der Waals surface area contributed by atoms with Crippen LogP contribution in [0.15, 0.2) is 24.4 Å². The van der Waals surface area contributed by atoms with Gasteiger partial charge in [-0.2, -0.15) is 0 Å². The van der Waals surface area contributed by atoms with E-state index < -0.39 is 0 Å². The molecule has 0 spiro atoms. The van der Waals surface area contributed by atoms with Gasteiger partial charge in [0, 0.05) is 17.1 Å². The number of hydrogen-bond acceptors (Lipinski definition) is 6. The SMILES string of the molecule is COc1ccc(C(=O)Nc2cnns2)cc1O. The first-order valence-electron chi connectivity index (χ1n) is 4.66. The Morgan fingerprint density at radius 2 is 2.35 bits per heavy atom. The lowest BCUT2D eigenvalue weighted by Crippen LogP contribution is -2.10. The number of aromatic hydroxyl groups is 1. The summed E-state index contributed by atoms with van der Waals surface area (Å²) in [6, 6.07) is 4.42. The van der Waals surface area contributed by atoms with E-state index in [1.54, 1.807) is 6.07 Å². The monoisotopic (exact) mass is 251 g/mol. The van der Waals surface area contributed by atoms with Crippen LogP contribution in [0.25, 0.3) is 0 Å². The van der Waals surface area contributed by atoms with Crippen LogP contribution in [0.5, 0.6) is 11.5 Å². The molecule has 0 aliphatic rings. The largest absolute Gasteiger partial charge is 0.504 e. The van der Waals surface area contributed by atoms with Crippen molar-refractivity contribution in [1.29, 1.82) is 0 Å². The molecule has 0 atom stereocenters. The Bertz CT molecular complexity index is 528. The Hall–Kier alpha value is -2.15. The van der Waals surface area contributed by atoms with Gasteiger partial charge in [0.15, 0.2) is 11.5 Å². The zero-order chi connectivity index (χ0) is 12.3. The Morgan fingerprint density at radius 1 is 1.53 bits per heavy atom. The molecule has 1 amide bonds. The summed E-state index contributed by atoms with van der Waals surface area (Å²) in [6.45, 7) is 0. The molecule has 0 saturated heterocycles. The molecule has 1 aromatic heterocycles. The maximum atomic E-state index is 11.8. The summed E-state index contributed by atoms with van der Waals surface area (Å²) in [5, 5.41) is 16.3. The zero-order valence-corrected chi connectivity index (χ0v) is 9.69. The molecule has 0 aliphatic heterocycles. The van der Waals surface area contributed by atoms with E-state index in [2.05, 4.69) is 14.9 Å². The second-order valence-corrected chi connectivity index (χ2v) is 3.91. The van der Waals surface area contributed by atoms with Gasteiger partial charge in [-0.25, -0.2) is 0 Å². The first-order valence-corrected chi connectivity index (χ1v) is 5.44. The molecule has 2 N–H and O–H groups in total. The average molecular weight is 251 g/mol. The minimum Gasteiger partial charge on any atom is -0.504 e. The van der Waals surface area contributed by atoms with Crippen molar-refractivity contribution in [2.24, 2.45) is 0 Å². The molecular formula is C10H9N3O3S. The summed E-state index contributed by atoms with van der Waals surface area (Å²) in [7, 11) is 1.44. The number of rotatable bonds is 3. The number of amides is 1. The normalized spacial score (nSPS) is 9.94. The standard InChI is InChI=1S/C10H9N3O3S/c1-16-8-3-2-6(4-7(8)14)10(15)12-9-5-11-13-17-9/h2-5,14H,1H3,(H,12,15). The lowest BCUT2D eigenvalue weighted by molar-refractivity contribution is 0.102. The highest BCUT2D eigenvalue weighted by Crippen LogP contribution is 2.26. The van der Waals surface area contributed by atoms with Crippen molar-refractivity contribution in [3.05, 3.63) is 30.0 Å². The Balaban J connectivity index is 2.17. The average Bonchev–Trinajstić information content (AvgIpc) is 2.81. The number of carbonyl (C=O) groups excluding carboxylic acids is 1. The smallest absolute Gasteiger partial charge is 0.256 e. The molecule has 0 fully saturated rings.